The maximum absolute atomic E-state index is 12.7. The zero-order valence-electron chi connectivity index (χ0n) is 17.3. The molecule has 1 heterocycles. The Kier molecular flexibility index (Phi) is 7.42. The van der Waals surface area contributed by atoms with Gasteiger partial charge in [0.2, 0.25) is 0 Å². The standard InChI is InChI=1S/C24H28N2O2S/c1-4-5-14-28-22-9-7-6-8-21(22)23(27)26-24-25-16-20(29-24)15-18-10-12-19(13-11-18)17(2)3/h6-13,16-17H,4-5,14-15H2,1-3H3,(H,25,26,27). The SMILES string of the molecule is CCCCOc1ccccc1C(=O)Nc1ncc(Cc2ccc(C(C)C)cc2)s1. The van der Waals surface area contributed by atoms with Crippen molar-refractivity contribution < 1.29 is 9.53 Å². The van der Waals surface area contributed by atoms with Gasteiger partial charge in [0.1, 0.15) is 5.75 Å². The van der Waals surface area contributed by atoms with Gasteiger partial charge in [-0.3, -0.25) is 10.1 Å². The van der Waals surface area contributed by atoms with Gasteiger partial charge >= 0.3 is 0 Å². The Labute approximate surface area is 177 Å². The zero-order valence-corrected chi connectivity index (χ0v) is 18.1. The van der Waals surface area contributed by atoms with Crippen LogP contribution in [0.1, 0.15) is 65.9 Å². The fourth-order valence-corrected chi connectivity index (χ4v) is 3.78. The van der Waals surface area contributed by atoms with Gasteiger partial charge < -0.3 is 4.74 Å². The highest BCUT2D eigenvalue weighted by Gasteiger charge is 2.14. The number of carbonyl (C=O) groups is 1. The van der Waals surface area contributed by atoms with E-state index in [1.54, 1.807) is 6.07 Å². The van der Waals surface area contributed by atoms with Crippen LogP contribution in [0, 0.1) is 0 Å². The molecule has 29 heavy (non-hydrogen) atoms. The summed E-state index contributed by atoms with van der Waals surface area (Å²) >= 11 is 1.50. The molecule has 0 saturated heterocycles. The first kappa shape index (κ1) is 21.1. The number of nitrogens with one attached hydrogen (secondary N) is 1. The van der Waals surface area contributed by atoms with Crippen molar-refractivity contribution in [3.63, 3.8) is 0 Å². The number of para-hydroxylation sites is 1. The second kappa shape index (κ2) is 10.2. The summed E-state index contributed by atoms with van der Waals surface area (Å²) in [7, 11) is 0. The van der Waals surface area contributed by atoms with Gasteiger partial charge in [-0.1, -0.05) is 63.6 Å². The van der Waals surface area contributed by atoms with E-state index in [2.05, 4.69) is 55.3 Å². The van der Waals surface area contributed by atoms with E-state index >= 15 is 0 Å². The molecule has 4 nitrogen and oxygen atoms in total. The summed E-state index contributed by atoms with van der Waals surface area (Å²) in [6, 6.07) is 16.0. The van der Waals surface area contributed by atoms with Gasteiger partial charge in [-0.2, -0.15) is 0 Å². The predicted octanol–water partition coefficient (Wildman–Crippen LogP) is 6.29. The van der Waals surface area contributed by atoms with Crippen molar-refractivity contribution in [2.75, 3.05) is 11.9 Å². The van der Waals surface area contributed by atoms with Crippen LogP contribution in [-0.4, -0.2) is 17.5 Å². The zero-order chi connectivity index (χ0) is 20.6. The molecular weight excluding hydrogens is 380 g/mol. The summed E-state index contributed by atoms with van der Waals surface area (Å²) in [6.45, 7) is 7.11. The normalized spacial score (nSPS) is 10.9. The van der Waals surface area contributed by atoms with Gasteiger partial charge in [-0.05, 0) is 35.6 Å². The van der Waals surface area contributed by atoms with E-state index in [4.69, 9.17) is 4.74 Å². The minimum absolute atomic E-state index is 0.195. The highest BCUT2D eigenvalue weighted by Crippen LogP contribution is 2.25. The third-order valence-corrected chi connectivity index (χ3v) is 5.60. The number of rotatable bonds is 9. The minimum atomic E-state index is -0.195. The van der Waals surface area contributed by atoms with E-state index < -0.39 is 0 Å². The molecule has 0 aliphatic rings. The highest BCUT2D eigenvalue weighted by molar-refractivity contribution is 7.15. The number of unbranched alkanes of at least 4 members (excludes halogenated alkanes) is 1. The summed E-state index contributed by atoms with van der Waals surface area (Å²) < 4.78 is 5.77. The van der Waals surface area contributed by atoms with Crippen LogP contribution in [0.25, 0.3) is 0 Å². The largest absolute Gasteiger partial charge is 0.493 e. The number of thiazole rings is 1. The first-order valence-electron chi connectivity index (χ1n) is 10.1. The Balaban J connectivity index is 1.63. The molecule has 0 fully saturated rings. The topological polar surface area (TPSA) is 51.2 Å². The second-order valence-corrected chi connectivity index (χ2v) is 8.47. The number of hydrogen-bond acceptors (Lipinski definition) is 4. The molecule has 0 aliphatic heterocycles. The molecule has 1 amide bonds. The Hall–Kier alpha value is -2.66. The van der Waals surface area contributed by atoms with E-state index in [0.717, 1.165) is 24.1 Å². The maximum atomic E-state index is 12.7. The first-order valence-corrected chi connectivity index (χ1v) is 10.9. The van der Waals surface area contributed by atoms with Gasteiger partial charge in [0.15, 0.2) is 5.13 Å². The summed E-state index contributed by atoms with van der Waals surface area (Å²) in [5.41, 5.74) is 3.11. The van der Waals surface area contributed by atoms with Crippen molar-refractivity contribution in [2.24, 2.45) is 0 Å². The van der Waals surface area contributed by atoms with Crippen LogP contribution in [0.5, 0.6) is 5.75 Å². The lowest BCUT2D eigenvalue weighted by Crippen LogP contribution is -2.13. The van der Waals surface area contributed by atoms with E-state index in [9.17, 15) is 4.79 Å². The van der Waals surface area contributed by atoms with Gasteiger partial charge in [0.25, 0.3) is 5.91 Å². The molecule has 0 spiro atoms. The number of anilines is 1. The van der Waals surface area contributed by atoms with Crippen LogP contribution in [0.15, 0.2) is 54.7 Å². The van der Waals surface area contributed by atoms with Crippen LogP contribution in [0.3, 0.4) is 0 Å². The highest BCUT2D eigenvalue weighted by atomic mass is 32.1. The van der Waals surface area contributed by atoms with Crippen molar-refractivity contribution in [2.45, 2.75) is 46.0 Å². The van der Waals surface area contributed by atoms with Crippen LogP contribution >= 0.6 is 11.3 Å². The second-order valence-electron chi connectivity index (χ2n) is 7.36. The van der Waals surface area contributed by atoms with Crippen molar-refractivity contribution in [1.29, 1.82) is 0 Å². The van der Waals surface area contributed by atoms with E-state index in [1.807, 2.05) is 24.4 Å². The van der Waals surface area contributed by atoms with E-state index in [1.165, 1.54) is 22.5 Å². The first-order chi connectivity index (χ1) is 14.1. The summed E-state index contributed by atoms with van der Waals surface area (Å²) in [4.78, 5) is 18.2. The van der Waals surface area contributed by atoms with Crippen molar-refractivity contribution in [3.05, 3.63) is 76.3 Å². The van der Waals surface area contributed by atoms with Crippen LogP contribution in [-0.2, 0) is 6.42 Å². The summed E-state index contributed by atoms with van der Waals surface area (Å²) in [5, 5.41) is 3.51. The Morgan fingerprint density at radius 3 is 2.62 bits per heavy atom. The quantitative estimate of drug-likeness (QED) is 0.423. The monoisotopic (exact) mass is 408 g/mol. The average molecular weight is 409 g/mol. The smallest absolute Gasteiger partial charge is 0.261 e. The Bertz CT molecular complexity index is 932. The molecular formula is C24H28N2O2S. The molecule has 0 bridgehead atoms. The third-order valence-electron chi connectivity index (χ3n) is 4.69. The summed E-state index contributed by atoms with van der Waals surface area (Å²) in [5.74, 6) is 0.947. The lowest BCUT2D eigenvalue weighted by molar-refractivity contribution is 0.102. The van der Waals surface area contributed by atoms with E-state index in [0.29, 0.717) is 29.0 Å². The number of aromatic nitrogens is 1. The van der Waals surface area contributed by atoms with Gasteiger partial charge in [-0.15, -0.1) is 11.3 Å². The fourth-order valence-electron chi connectivity index (χ4n) is 2.94. The number of hydrogen-bond donors (Lipinski definition) is 1. The fraction of sp³-hybridized carbons (Fsp3) is 0.333. The van der Waals surface area contributed by atoms with Gasteiger partial charge in [-0.25, -0.2) is 4.98 Å². The molecule has 1 aromatic heterocycles. The number of benzene rings is 2. The lowest BCUT2D eigenvalue weighted by Gasteiger charge is -2.10. The molecule has 0 unspecified atom stereocenters. The van der Waals surface area contributed by atoms with Crippen molar-refractivity contribution in [1.82, 2.24) is 4.98 Å². The van der Waals surface area contributed by atoms with Crippen molar-refractivity contribution >= 4 is 22.4 Å². The molecule has 3 aromatic rings. The van der Waals surface area contributed by atoms with Crippen molar-refractivity contribution in [3.8, 4) is 5.75 Å². The van der Waals surface area contributed by atoms with E-state index in [-0.39, 0.29) is 5.91 Å². The molecule has 2 aromatic carbocycles. The van der Waals surface area contributed by atoms with Crippen LogP contribution in [0.2, 0.25) is 0 Å². The van der Waals surface area contributed by atoms with Gasteiger partial charge in [0, 0.05) is 17.5 Å². The lowest BCUT2D eigenvalue weighted by atomic mass is 10.0. The number of carbonyl (C=O) groups excluding carboxylic acids is 1. The Morgan fingerprint density at radius 1 is 1.14 bits per heavy atom. The van der Waals surface area contributed by atoms with Gasteiger partial charge in [0.05, 0.1) is 12.2 Å². The average Bonchev–Trinajstić information content (AvgIpc) is 3.15. The molecule has 1 N–H and O–H groups in total. The number of amides is 1. The predicted molar refractivity (Wildman–Crippen MR) is 120 cm³/mol. The molecule has 0 saturated carbocycles. The minimum Gasteiger partial charge on any atom is -0.493 e. The third kappa shape index (κ3) is 5.91. The molecule has 3 rings (SSSR count). The van der Waals surface area contributed by atoms with Crippen LogP contribution in [0.4, 0.5) is 5.13 Å². The maximum Gasteiger partial charge on any atom is 0.261 e. The number of nitrogens with zero attached hydrogens (tertiary/aromatic N) is 1. The summed E-state index contributed by atoms with van der Waals surface area (Å²) in [6.07, 6.45) is 4.66. The molecule has 0 atom stereocenters. The Morgan fingerprint density at radius 2 is 1.90 bits per heavy atom. The molecule has 0 radical (unpaired) electrons. The number of ether oxygens (including phenoxy) is 1. The molecule has 0 aliphatic carbocycles. The van der Waals surface area contributed by atoms with Crippen LogP contribution < -0.4 is 10.1 Å². The molecule has 152 valence electrons. The molecule has 5 heteroatoms.